The molecule has 0 aliphatic carbocycles. The third-order valence-corrected chi connectivity index (χ3v) is 2.71. The minimum atomic E-state index is -0.757. The highest BCUT2D eigenvalue weighted by atomic mass is 16.6. The van der Waals surface area contributed by atoms with E-state index in [1.807, 2.05) is 0 Å². The Morgan fingerprint density at radius 1 is 1.04 bits per heavy atom. The van der Waals surface area contributed by atoms with Crippen molar-refractivity contribution in [3.63, 3.8) is 0 Å². The molecule has 124 valence electrons. The minimum Gasteiger partial charge on any atom is -0.493 e. The highest BCUT2D eigenvalue weighted by Crippen LogP contribution is 2.26. The third-order valence-electron chi connectivity index (χ3n) is 2.71. The van der Waals surface area contributed by atoms with Gasteiger partial charge in [-0.15, -0.1) is 0 Å². The molecule has 0 aliphatic rings. The molecule has 0 spiro atoms. The van der Waals surface area contributed by atoms with E-state index in [4.69, 9.17) is 14.2 Å². The second-order valence-electron chi connectivity index (χ2n) is 4.46. The maximum atomic E-state index is 11.9. The fraction of sp³-hybridized carbons (Fsp3) is 0.312. The Morgan fingerprint density at radius 2 is 1.65 bits per heavy atom. The maximum Gasteiger partial charge on any atom is 0.331 e. The van der Waals surface area contributed by atoms with Crippen molar-refractivity contribution in [2.24, 2.45) is 5.92 Å². The number of rotatable bonds is 7. The van der Waals surface area contributed by atoms with Crippen LogP contribution in [0, 0.1) is 5.92 Å². The van der Waals surface area contributed by atoms with Gasteiger partial charge in [0.05, 0.1) is 20.1 Å². The molecular formula is C16H18O7. The van der Waals surface area contributed by atoms with Crippen LogP contribution >= 0.6 is 0 Å². The quantitative estimate of drug-likeness (QED) is 0.427. The van der Waals surface area contributed by atoms with E-state index in [2.05, 4.69) is 4.74 Å². The lowest BCUT2D eigenvalue weighted by Crippen LogP contribution is -2.23. The van der Waals surface area contributed by atoms with E-state index in [1.54, 1.807) is 31.2 Å². The van der Waals surface area contributed by atoms with Crippen molar-refractivity contribution in [3.05, 3.63) is 36.4 Å². The van der Waals surface area contributed by atoms with Gasteiger partial charge in [-0.1, -0.05) is 12.1 Å². The van der Waals surface area contributed by atoms with Crippen LogP contribution in [-0.2, 0) is 23.9 Å². The first-order chi connectivity index (χ1) is 11.0. The van der Waals surface area contributed by atoms with E-state index in [-0.39, 0.29) is 12.4 Å². The van der Waals surface area contributed by atoms with Crippen LogP contribution in [0.4, 0.5) is 0 Å². The van der Waals surface area contributed by atoms with Gasteiger partial charge in [-0.25, -0.2) is 9.59 Å². The van der Waals surface area contributed by atoms with Crippen molar-refractivity contribution in [3.8, 4) is 11.5 Å². The Kier molecular flexibility index (Phi) is 7.32. The zero-order chi connectivity index (χ0) is 17.2. The van der Waals surface area contributed by atoms with Gasteiger partial charge in [-0.05, 0) is 19.1 Å². The number of hydrogen-bond acceptors (Lipinski definition) is 7. The molecule has 7 nitrogen and oxygen atoms in total. The fourth-order valence-corrected chi connectivity index (χ4v) is 1.44. The topological polar surface area (TPSA) is 88.1 Å². The number of para-hydroxylation sites is 2. The molecule has 7 heteroatoms. The summed E-state index contributed by atoms with van der Waals surface area (Å²) in [5.41, 5.74) is 0. The maximum absolute atomic E-state index is 11.9. The van der Waals surface area contributed by atoms with Crippen molar-refractivity contribution >= 4 is 17.9 Å². The molecule has 0 radical (unpaired) electrons. The van der Waals surface area contributed by atoms with Crippen LogP contribution in [0.2, 0.25) is 0 Å². The summed E-state index contributed by atoms with van der Waals surface area (Å²) >= 11 is 0. The van der Waals surface area contributed by atoms with Crippen LogP contribution in [0.3, 0.4) is 0 Å². The average Bonchev–Trinajstić information content (AvgIpc) is 2.57. The largest absolute Gasteiger partial charge is 0.493 e. The molecule has 0 bridgehead atoms. The van der Waals surface area contributed by atoms with Gasteiger partial charge in [-0.3, -0.25) is 4.79 Å². The standard InChI is InChI=1S/C16H18O7/c1-11(10-22-15(18)9-8-14(17)21-3)16(19)23-13-7-5-4-6-12(13)20-2/h4-9,11H,10H2,1-3H3/b9-8+. The second-order valence-corrected chi connectivity index (χ2v) is 4.46. The highest BCUT2D eigenvalue weighted by Gasteiger charge is 2.18. The first-order valence-electron chi connectivity index (χ1n) is 6.75. The summed E-state index contributed by atoms with van der Waals surface area (Å²) in [6, 6.07) is 6.70. The Hall–Kier alpha value is -2.83. The summed E-state index contributed by atoms with van der Waals surface area (Å²) in [4.78, 5) is 34.1. The van der Waals surface area contributed by atoms with Crippen LogP contribution in [0.1, 0.15) is 6.92 Å². The molecule has 0 N–H and O–H groups in total. The van der Waals surface area contributed by atoms with Gasteiger partial charge in [0.25, 0.3) is 0 Å². The lowest BCUT2D eigenvalue weighted by molar-refractivity contribution is -0.146. The van der Waals surface area contributed by atoms with Gasteiger partial charge in [0.1, 0.15) is 6.61 Å². The number of benzene rings is 1. The highest BCUT2D eigenvalue weighted by molar-refractivity contribution is 5.91. The molecule has 1 rings (SSSR count). The van der Waals surface area contributed by atoms with E-state index in [9.17, 15) is 14.4 Å². The Labute approximate surface area is 133 Å². The van der Waals surface area contributed by atoms with Gasteiger partial charge in [0.15, 0.2) is 11.5 Å². The van der Waals surface area contributed by atoms with E-state index in [0.717, 1.165) is 12.2 Å². The molecule has 0 saturated heterocycles. The number of hydrogen-bond donors (Lipinski definition) is 0. The van der Waals surface area contributed by atoms with Gasteiger partial charge < -0.3 is 18.9 Å². The van der Waals surface area contributed by atoms with Crippen LogP contribution in [-0.4, -0.2) is 38.7 Å². The van der Waals surface area contributed by atoms with Gasteiger partial charge in [0.2, 0.25) is 0 Å². The zero-order valence-electron chi connectivity index (χ0n) is 13.1. The van der Waals surface area contributed by atoms with Gasteiger partial charge >= 0.3 is 17.9 Å². The summed E-state index contributed by atoms with van der Waals surface area (Å²) < 4.78 is 19.5. The van der Waals surface area contributed by atoms with E-state index < -0.39 is 23.8 Å². The molecule has 1 aromatic carbocycles. The number of methoxy groups -OCH3 is 2. The number of carbonyl (C=O) groups excluding carboxylic acids is 3. The molecule has 0 aromatic heterocycles. The Morgan fingerprint density at radius 3 is 2.26 bits per heavy atom. The first kappa shape index (κ1) is 18.2. The van der Waals surface area contributed by atoms with Crippen molar-refractivity contribution in [2.75, 3.05) is 20.8 Å². The molecule has 1 atom stereocenters. The number of carbonyl (C=O) groups is 3. The molecule has 0 amide bonds. The number of ether oxygens (including phenoxy) is 4. The average molecular weight is 322 g/mol. The van der Waals surface area contributed by atoms with Crippen LogP contribution in [0.5, 0.6) is 11.5 Å². The predicted molar refractivity (Wildman–Crippen MR) is 79.9 cm³/mol. The summed E-state index contributed by atoms with van der Waals surface area (Å²) in [7, 11) is 2.65. The first-order valence-corrected chi connectivity index (χ1v) is 6.75. The van der Waals surface area contributed by atoms with Crippen LogP contribution < -0.4 is 9.47 Å². The monoisotopic (exact) mass is 322 g/mol. The summed E-state index contributed by atoms with van der Waals surface area (Å²) in [5, 5.41) is 0. The smallest absolute Gasteiger partial charge is 0.331 e. The Bertz CT molecular complexity index is 592. The molecule has 0 fully saturated rings. The molecule has 0 heterocycles. The van der Waals surface area contributed by atoms with Gasteiger partial charge in [0, 0.05) is 12.2 Å². The summed E-state index contributed by atoms with van der Waals surface area (Å²) in [5.74, 6) is -1.98. The van der Waals surface area contributed by atoms with Crippen LogP contribution in [0.25, 0.3) is 0 Å². The summed E-state index contributed by atoms with van der Waals surface area (Å²) in [6.45, 7) is 1.37. The van der Waals surface area contributed by atoms with E-state index in [1.165, 1.54) is 14.2 Å². The lowest BCUT2D eigenvalue weighted by atomic mass is 10.2. The van der Waals surface area contributed by atoms with Gasteiger partial charge in [-0.2, -0.15) is 0 Å². The number of esters is 3. The van der Waals surface area contributed by atoms with Crippen molar-refractivity contribution in [2.45, 2.75) is 6.92 Å². The third kappa shape index (κ3) is 6.21. The molecular weight excluding hydrogens is 304 g/mol. The van der Waals surface area contributed by atoms with Crippen molar-refractivity contribution < 1.29 is 33.3 Å². The normalized spacial score (nSPS) is 11.6. The predicted octanol–water partition coefficient (Wildman–Crippen LogP) is 1.51. The Balaban J connectivity index is 2.50. The van der Waals surface area contributed by atoms with Crippen molar-refractivity contribution in [1.29, 1.82) is 0 Å². The van der Waals surface area contributed by atoms with E-state index >= 15 is 0 Å². The molecule has 23 heavy (non-hydrogen) atoms. The van der Waals surface area contributed by atoms with Crippen molar-refractivity contribution in [1.82, 2.24) is 0 Å². The molecule has 1 unspecified atom stereocenters. The fourth-order valence-electron chi connectivity index (χ4n) is 1.44. The molecule has 0 aliphatic heterocycles. The van der Waals surface area contributed by atoms with Crippen LogP contribution in [0.15, 0.2) is 36.4 Å². The second kappa shape index (κ2) is 9.24. The lowest BCUT2D eigenvalue weighted by Gasteiger charge is -2.13. The molecule has 0 saturated carbocycles. The zero-order valence-corrected chi connectivity index (χ0v) is 13.1. The SMILES string of the molecule is COC(=O)/C=C/C(=O)OCC(C)C(=O)Oc1ccccc1OC. The molecule has 1 aromatic rings. The van der Waals surface area contributed by atoms with E-state index in [0.29, 0.717) is 5.75 Å². The summed E-state index contributed by atoms with van der Waals surface area (Å²) in [6.07, 6.45) is 1.85. The minimum absolute atomic E-state index is 0.182.